The number of rotatable bonds is 5. The third kappa shape index (κ3) is 4.18. The standard InChI is InChI=1S/C31H41NO6/c1-18(33)38-22-9-11-30(2)21(17-22)7-8-23-24(30)10-12-31(3)25(23)16-20(29(31)32-34)13-19-14-26(35-4)28(37-6)27(15-19)36-5/h7,13-15,22-25,34H,8-12,16-17H2,1-6H3/b20-13+,32-29+/t22-,23+,24-,25-,30-,31-/m0/s1. The van der Waals surface area contributed by atoms with Crippen LogP contribution in [0.5, 0.6) is 17.2 Å². The number of hydrogen-bond acceptors (Lipinski definition) is 7. The highest BCUT2D eigenvalue weighted by molar-refractivity contribution is 6.09. The molecule has 5 rings (SSSR count). The van der Waals surface area contributed by atoms with Crippen LogP contribution in [0.2, 0.25) is 0 Å². The first-order valence-corrected chi connectivity index (χ1v) is 13.8. The van der Waals surface area contributed by atoms with Crippen LogP contribution in [0.15, 0.2) is 34.5 Å². The molecule has 0 aromatic heterocycles. The minimum atomic E-state index is -0.186. The summed E-state index contributed by atoms with van der Waals surface area (Å²) in [5.74, 6) is 3.09. The molecule has 0 unspecified atom stereocenters. The smallest absolute Gasteiger partial charge is 0.302 e. The summed E-state index contributed by atoms with van der Waals surface area (Å²) in [4.78, 5) is 11.6. The number of esters is 1. The summed E-state index contributed by atoms with van der Waals surface area (Å²) in [5.41, 5.74) is 4.26. The molecule has 4 aliphatic rings. The van der Waals surface area contributed by atoms with Crippen LogP contribution in [0.4, 0.5) is 0 Å². The van der Waals surface area contributed by atoms with Gasteiger partial charge in [0, 0.05) is 18.8 Å². The molecule has 1 aromatic rings. The van der Waals surface area contributed by atoms with E-state index < -0.39 is 0 Å². The molecule has 4 aliphatic carbocycles. The van der Waals surface area contributed by atoms with Crippen molar-refractivity contribution in [1.29, 1.82) is 0 Å². The van der Waals surface area contributed by atoms with Crippen LogP contribution >= 0.6 is 0 Å². The second-order valence-corrected chi connectivity index (χ2v) is 12.0. The van der Waals surface area contributed by atoms with Crippen LogP contribution < -0.4 is 14.2 Å². The molecular weight excluding hydrogens is 482 g/mol. The van der Waals surface area contributed by atoms with Gasteiger partial charge in [0.25, 0.3) is 0 Å². The van der Waals surface area contributed by atoms with Gasteiger partial charge in [0.2, 0.25) is 5.75 Å². The third-order valence-corrected chi connectivity index (χ3v) is 10.2. The molecule has 0 radical (unpaired) electrons. The van der Waals surface area contributed by atoms with Gasteiger partial charge in [-0.25, -0.2) is 0 Å². The van der Waals surface area contributed by atoms with Gasteiger partial charge in [-0.1, -0.05) is 30.7 Å². The molecule has 3 saturated carbocycles. The summed E-state index contributed by atoms with van der Waals surface area (Å²) < 4.78 is 22.2. The van der Waals surface area contributed by atoms with E-state index in [1.165, 1.54) is 12.5 Å². The van der Waals surface area contributed by atoms with E-state index in [0.717, 1.165) is 61.8 Å². The molecule has 0 amide bonds. The maximum absolute atomic E-state index is 11.6. The number of nitrogens with zero attached hydrogens (tertiary/aromatic N) is 1. The number of carbonyl (C=O) groups excluding carboxylic acids is 1. The Balaban J connectivity index is 1.47. The van der Waals surface area contributed by atoms with Crippen LogP contribution in [0.25, 0.3) is 6.08 Å². The van der Waals surface area contributed by atoms with Crippen molar-refractivity contribution in [3.8, 4) is 17.2 Å². The first-order valence-electron chi connectivity index (χ1n) is 13.8. The van der Waals surface area contributed by atoms with Gasteiger partial charge in [-0.15, -0.1) is 0 Å². The molecule has 38 heavy (non-hydrogen) atoms. The summed E-state index contributed by atoms with van der Waals surface area (Å²) >= 11 is 0. The van der Waals surface area contributed by atoms with Crippen molar-refractivity contribution in [2.75, 3.05) is 21.3 Å². The number of hydrogen-bond donors (Lipinski definition) is 1. The fourth-order valence-electron chi connectivity index (χ4n) is 8.35. The highest BCUT2D eigenvalue weighted by atomic mass is 16.5. The zero-order valence-corrected chi connectivity index (χ0v) is 23.5. The van der Waals surface area contributed by atoms with E-state index in [4.69, 9.17) is 18.9 Å². The monoisotopic (exact) mass is 523 g/mol. The number of benzene rings is 1. The summed E-state index contributed by atoms with van der Waals surface area (Å²) in [6.07, 6.45) is 11.4. The van der Waals surface area contributed by atoms with E-state index >= 15 is 0 Å². The average Bonchev–Trinajstić information content (AvgIpc) is 3.18. The Morgan fingerprint density at radius 3 is 2.29 bits per heavy atom. The van der Waals surface area contributed by atoms with E-state index in [1.807, 2.05) is 12.1 Å². The molecule has 0 aliphatic heterocycles. The van der Waals surface area contributed by atoms with E-state index in [1.54, 1.807) is 21.3 Å². The Morgan fingerprint density at radius 1 is 1.00 bits per heavy atom. The lowest BCUT2D eigenvalue weighted by atomic mass is 9.48. The number of carbonyl (C=O) groups is 1. The van der Waals surface area contributed by atoms with Gasteiger partial charge in [0.15, 0.2) is 11.5 Å². The molecule has 0 saturated heterocycles. The average molecular weight is 524 g/mol. The predicted molar refractivity (Wildman–Crippen MR) is 146 cm³/mol. The first kappa shape index (κ1) is 26.6. The quantitative estimate of drug-likeness (QED) is 0.207. The van der Waals surface area contributed by atoms with Crippen molar-refractivity contribution >= 4 is 17.8 Å². The van der Waals surface area contributed by atoms with Gasteiger partial charge in [0.05, 0.1) is 27.0 Å². The minimum absolute atomic E-state index is 0.00449. The molecule has 0 heterocycles. The Kier molecular flexibility index (Phi) is 6.99. The molecule has 0 spiro atoms. The molecule has 6 atom stereocenters. The van der Waals surface area contributed by atoms with E-state index in [0.29, 0.717) is 35.0 Å². The lowest BCUT2D eigenvalue weighted by Gasteiger charge is -2.57. The highest BCUT2D eigenvalue weighted by Gasteiger charge is 2.59. The fourth-order valence-corrected chi connectivity index (χ4v) is 8.35. The van der Waals surface area contributed by atoms with Crippen molar-refractivity contribution in [3.05, 3.63) is 34.9 Å². The highest BCUT2D eigenvalue weighted by Crippen LogP contribution is 2.65. The number of allylic oxidation sites excluding steroid dienone is 2. The van der Waals surface area contributed by atoms with Crippen LogP contribution in [0.1, 0.15) is 71.3 Å². The Morgan fingerprint density at radius 2 is 1.68 bits per heavy atom. The fraction of sp³-hybridized carbons (Fsp3) is 0.613. The van der Waals surface area contributed by atoms with Gasteiger partial charge in [0.1, 0.15) is 6.10 Å². The molecule has 0 bridgehead atoms. The second-order valence-electron chi connectivity index (χ2n) is 12.0. The second kappa shape index (κ2) is 9.97. The zero-order valence-electron chi connectivity index (χ0n) is 23.5. The lowest BCUT2D eigenvalue weighted by Crippen LogP contribution is -2.50. The molecule has 1 N–H and O–H groups in total. The number of ether oxygens (including phenoxy) is 4. The van der Waals surface area contributed by atoms with Crippen LogP contribution in [-0.4, -0.2) is 44.3 Å². The minimum Gasteiger partial charge on any atom is -0.493 e. The number of oxime groups is 1. The van der Waals surface area contributed by atoms with Crippen molar-refractivity contribution in [3.63, 3.8) is 0 Å². The van der Waals surface area contributed by atoms with Crippen molar-refractivity contribution in [2.24, 2.45) is 33.7 Å². The summed E-state index contributed by atoms with van der Waals surface area (Å²) in [6.45, 7) is 6.23. The van der Waals surface area contributed by atoms with E-state index in [9.17, 15) is 10.0 Å². The SMILES string of the molecule is COc1cc(/C=C2\C[C@H]3[C@@H]4CC=C5C[C@@H](OC(C)=O)CC[C@]5(C)[C@H]4CC[C@]3(C)\C2=N\O)cc(OC)c1OC. The Hall–Kier alpha value is -2.96. The summed E-state index contributed by atoms with van der Waals surface area (Å²) in [6, 6.07) is 3.88. The van der Waals surface area contributed by atoms with Crippen molar-refractivity contribution < 1.29 is 28.9 Å². The van der Waals surface area contributed by atoms with Crippen LogP contribution in [0.3, 0.4) is 0 Å². The molecule has 1 aromatic carbocycles. The van der Waals surface area contributed by atoms with Crippen molar-refractivity contribution in [2.45, 2.75) is 71.8 Å². The predicted octanol–water partition coefficient (Wildman–Crippen LogP) is 6.43. The lowest BCUT2D eigenvalue weighted by molar-refractivity contribution is -0.148. The van der Waals surface area contributed by atoms with E-state index in [-0.39, 0.29) is 22.9 Å². The Bertz CT molecular complexity index is 1180. The summed E-state index contributed by atoms with van der Waals surface area (Å²) in [7, 11) is 4.83. The topological polar surface area (TPSA) is 86.6 Å². The van der Waals surface area contributed by atoms with Crippen LogP contribution in [0, 0.1) is 28.6 Å². The summed E-state index contributed by atoms with van der Waals surface area (Å²) in [5, 5.41) is 14.2. The van der Waals surface area contributed by atoms with Gasteiger partial charge in [-0.2, -0.15) is 0 Å². The molecule has 7 nitrogen and oxygen atoms in total. The van der Waals surface area contributed by atoms with Gasteiger partial charge in [-0.05, 0) is 91.0 Å². The van der Waals surface area contributed by atoms with Gasteiger partial charge >= 0.3 is 5.97 Å². The maximum Gasteiger partial charge on any atom is 0.302 e. The first-order chi connectivity index (χ1) is 18.2. The number of methoxy groups -OCH3 is 3. The molecule has 7 heteroatoms. The molecular formula is C31H41NO6. The third-order valence-electron chi connectivity index (χ3n) is 10.2. The zero-order chi connectivity index (χ0) is 27.2. The van der Waals surface area contributed by atoms with Gasteiger partial charge < -0.3 is 24.2 Å². The largest absolute Gasteiger partial charge is 0.493 e. The van der Waals surface area contributed by atoms with Gasteiger partial charge in [-0.3, -0.25) is 4.79 Å². The van der Waals surface area contributed by atoms with Crippen molar-refractivity contribution in [1.82, 2.24) is 0 Å². The van der Waals surface area contributed by atoms with Crippen LogP contribution in [-0.2, 0) is 9.53 Å². The van der Waals surface area contributed by atoms with E-state index in [2.05, 4.69) is 31.2 Å². The number of fused-ring (bicyclic) bond motifs is 5. The maximum atomic E-state index is 11.6. The molecule has 206 valence electrons. The normalized spacial score (nSPS) is 36.1. The Labute approximate surface area is 225 Å². The molecule has 3 fully saturated rings.